The first-order valence-corrected chi connectivity index (χ1v) is 11.5. The van der Waals surface area contributed by atoms with Gasteiger partial charge in [-0.15, -0.1) is 0 Å². The SMILES string of the molecule is C/C=C(/C)C(=O)OC[C@@H](O)COC(=O)CCCCCCCCCCCCC(C)C. The molecule has 0 amide bonds. The van der Waals surface area contributed by atoms with Crippen molar-refractivity contribution in [2.45, 2.75) is 111 Å². The zero-order valence-corrected chi connectivity index (χ0v) is 19.2. The Hall–Kier alpha value is -1.36. The third kappa shape index (κ3) is 18.4. The van der Waals surface area contributed by atoms with Crippen LogP contribution >= 0.6 is 0 Å². The van der Waals surface area contributed by atoms with Gasteiger partial charge in [-0.2, -0.15) is 0 Å². The van der Waals surface area contributed by atoms with Crippen molar-refractivity contribution >= 4 is 11.9 Å². The van der Waals surface area contributed by atoms with E-state index in [0.29, 0.717) is 12.0 Å². The monoisotopic (exact) mass is 412 g/mol. The van der Waals surface area contributed by atoms with Crippen molar-refractivity contribution in [3.8, 4) is 0 Å². The molecule has 0 rings (SSSR count). The van der Waals surface area contributed by atoms with Crippen LogP contribution in [0.4, 0.5) is 0 Å². The summed E-state index contributed by atoms with van der Waals surface area (Å²) in [6, 6.07) is 0. The summed E-state index contributed by atoms with van der Waals surface area (Å²) in [5.74, 6) is 0.0555. The summed E-state index contributed by atoms with van der Waals surface area (Å²) in [6.45, 7) is 7.65. The minimum Gasteiger partial charge on any atom is -0.463 e. The lowest BCUT2D eigenvalue weighted by atomic mass is 10.0. The van der Waals surface area contributed by atoms with Gasteiger partial charge in [-0.05, 0) is 26.2 Å². The Morgan fingerprint density at radius 1 is 0.828 bits per heavy atom. The Balaban J connectivity index is 3.44. The number of hydrogen-bond acceptors (Lipinski definition) is 5. The summed E-state index contributed by atoms with van der Waals surface area (Å²) in [6.07, 6.45) is 14.7. The lowest BCUT2D eigenvalue weighted by Crippen LogP contribution is -2.25. The highest BCUT2D eigenvalue weighted by Crippen LogP contribution is 2.14. The van der Waals surface area contributed by atoms with Crippen molar-refractivity contribution in [2.24, 2.45) is 5.92 Å². The lowest BCUT2D eigenvalue weighted by Gasteiger charge is -2.12. The normalized spacial score (nSPS) is 12.8. The van der Waals surface area contributed by atoms with Crippen LogP contribution in [0.2, 0.25) is 0 Å². The molecule has 1 N–H and O–H groups in total. The van der Waals surface area contributed by atoms with E-state index < -0.39 is 12.1 Å². The molecule has 5 heteroatoms. The van der Waals surface area contributed by atoms with Gasteiger partial charge in [0.05, 0.1) is 0 Å². The van der Waals surface area contributed by atoms with Crippen LogP contribution in [0.25, 0.3) is 0 Å². The van der Waals surface area contributed by atoms with Crippen LogP contribution in [-0.4, -0.2) is 36.4 Å². The summed E-state index contributed by atoms with van der Waals surface area (Å²) >= 11 is 0. The molecule has 0 unspecified atom stereocenters. The molecule has 170 valence electrons. The molecule has 0 saturated carbocycles. The lowest BCUT2D eigenvalue weighted by molar-refractivity contribution is -0.150. The molecule has 0 fully saturated rings. The molecular weight excluding hydrogens is 368 g/mol. The fraction of sp³-hybridized carbons (Fsp3) is 0.833. The molecule has 0 aliphatic carbocycles. The fourth-order valence-corrected chi connectivity index (χ4v) is 2.95. The van der Waals surface area contributed by atoms with Gasteiger partial charge in [-0.3, -0.25) is 4.79 Å². The highest BCUT2D eigenvalue weighted by atomic mass is 16.6. The number of unbranched alkanes of at least 4 members (excludes halogenated alkanes) is 9. The van der Waals surface area contributed by atoms with Gasteiger partial charge in [0.1, 0.15) is 19.3 Å². The second-order valence-corrected chi connectivity index (χ2v) is 8.38. The van der Waals surface area contributed by atoms with Gasteiger partial charge in [0.15, 0.2) is 0 Å². The van der Waals surface area contributed by atoms with E-state index >= 15 is 0 Å². The molecule has 29 heavy (non-hydrogen) atoms. The van der Waals surface area contributed by atoms with E-state index in [9.17, 15) is 14.7 Å². The number of rotatable bonds is 18. The van der Waals surface area contributed by atoms with Gasteiger partial charge in [-0.25, -0.2) is 4.79 Å². The van der Waals surface area contributed by atoms with Crippen molar-refractivity contribution in [2.75, 3.05) is 13.2 Å². The van der Waals surface area contributed by atoms with Crippen molar-refractivity contribution in [1.82, 2.24) is 0 Å². The number of aliphatic hydroxyl groups excluding tert-OH is 1. The van der Waals surface area contributed by atoms with Crippen LogP contribution in [-0.2, 0) is 19.1 Å². The highest BCUT2D eigenvalue weighted by Gasteiger charge is 2.12. The predicted octanol–water partition coefficient (Wildman–Crippen LogP) is 5.74. The number of ether oxygens (including phenoxy) is 2. The quantitative estimate of drug-likeness (QED) is 0.177. The third-order valence-electron chi connectivity index (χ3n) is 5.01. The topological polar surface area (TPSA) is 72.8 Å². The summed E-state index contributed by atoms with van der Waals surface area (Å²) in [7, 11) is 0. The Morgan fingerprint density at radius 3 is 1.83 bits per heavy atom. The summed E-state index contributed by atoms with van der Waals surface area (Å²) < 4.78 is 9.96. The predicted molar refractivity (Wildman–Crippen MR) is 118 cm³/mol. The number of carbonyl (C=O) groups is 2. The number of esters is 2. The Bertz CT molecular complexity index is 456. The first-order chi connectivity index (χ1) is 13.9. The van der Waals surface area contributed by atoms with Crippen LogP contribution in [0.15, 0.2) is 11.6 Å². The molecule has 0 aromatic rings. The van der Waals surface area contributed by atoms with Gasteiger partial charge in [0.2, 0.25) is 0 Å². The van der Waals surface area contributed by atoms with Crippen LogP contribution in [0.5, 0.6) is 0 Å². The molecule has 0 aromatic heterocycles. The molecule has 0 radical (unpaired) electrons. The maximum Gasteiger partial charge on any atom is 0.333 e. The minimum atomic E-state index is -0.988. The first-order valence-electron chi connectivity index (χ1n) is 11.5. The van der Waals surface area contributed by atoms with E-state index in [2.05, 4.69) is 13.8 Å². The molecule has 0 saturated heterocycles. The molecular formula is C24H44O5. The number of allylic oxidation sites excluding steroid dienone is 1. The van der Waals surface area contributed by atoms with E-state index in [-0.39, 0.29) is 19.2 Å². The van der Waals surface area contributed by atoms with Gasteiger partial charge >= 0.3 is 11.9 Å². The fourth-order valence-electron chi connectivity index (χ4n) is 2.95. The van der Waals surface area contributed by atoms with Crippen LogP contribution < -0.4 is 0 Å². The molecule has 5 nitrogen and oxygen atoms in total. The minimum absolute atomic E-state index is 0.141. The smallest absolute Gasteiger partial charge is 0.333 e. The van der Waals surface area contributed by atoms with E-state index in [1.54, 1.807) is 19.9 Å². The van der Waals surface area contributed by atoms with Crippen molar-refractivity contribution < 1.29 is 24.2 Å². The Morgan fingerprint density at radius 2 is 1.31 bits per heavy atom. The highest BCUT2D eigenvalue weighted by molar-refractivity contribution is 5.87. The number of aliphatic hydroxyl groups is 1. The number of hydrogen-bond donors (Lipinski definition) is 1. The third-order valence-corrected chi connectivity index (χ3v) is 5.01. The molecule has 0 aliphatic rings. The summed E-state index contributed by atoms with van der Waals surface area (Å²) in [5, 5.41) is 9.71. The average Bonchev–Trinajstić information content (AvgIpc) is 2.70. The Labute approximate surface area is 178 Å². The van der Waals surface area contributed by atoms with Gasteiger partial charge in [-0.1, -0.05) is 84.1 Å². The van der Waals surface area contributed by atoms with E-state index in [0.717, 1.165) is 25.2 Å². The van der Waals surface area contributed by atoms with Crippen molar-refractivity contribution in [3.05, 3.63) is 11.6 Å². The van der Waals surface area contributed by atoms with E-state index in [1.165, 1.54) is 51.4 Å². The van der Waals surface area contributed by atoms with Crippen molar-refractivity contribution in [3.63, 3.8) is 0 Å². The second kappa shape index (κ2) is 18.7. The van der Waals surface area contributed by atoms with Gasteiger partial charge < -0.3 is 14.6 Å². The van der Waals surface area contributed by atoms with E-state index in [4.69, 9.17) is 9.47 Å². The standard InChI is InChI=1S/C24H44O5/c1-5-21(4)24(27)29-19-22(25)18-28-23(26)17-15-13-11-9-7-6-8-10-12-14-16-20(2)3/h5,20,22,25H,6-19H2,1-4H3/b21-5-/t22-/m0/s1. The molecule has 0 aliphatic heterocycles. The van der Waals surface area contributed by atoms with Crippen LogP contribution in [0, 0.1) is 5.92 Å². The second-order valence-electron chi connectivity index (χ2n) is 8.38. The van der Waals surface area contributed by atoms with Gasteiger partial charge in [0.25, 0.3) is 0 Å². The maximum atomic E-state index is 11.7. The number of carbonyl (C=O) groups excluding carboxylic acids is 2. The molecule has 1 atom stereocenters. The van der Waals surface area contributed by atoms with Crippen LogP contribution in [0.1, 0.15) is 105 Å². The zero-order chi connectivity index (χ0) is 21.9. The molecule has 0 spiro atoms. The molecule has 0 aromatic carbocycles. The average molecular weight is 413 g/mol. The first kappa shape index (κ1) is 27.6. The summed E-state index contributed by atoms with van der Waals surface area (Å²) in [4.78, 5) is 23.1. The zero-order valence-electron chi connectivity index (χ0n) is 19.2. The van der Waals surface area contributed by atoms with Crippen LogP contribution in [0.3, 0.4) is 0 Å². The largest absolute Gasteiger partial charge is 0.463 e. The molecule has 0 bridgehead atoms. The molecule has 0 heterocycles. The Kier molecular flexibility index (Phi) is 17.8. The van der Waals surface area contributed by atoms with Crippen molar-refractivity contribution in [1.29, 1.82) is 0 Å². The summed E-state index contributed by atoms with van der Waals surface area (Å²) in [5.41, 5.74) is 0.482. The van der Waals surface area contributed by atoms with E-state index in [1.807, 2.05) is 0 Å². The maximum absolute atomic E-state index is 11.7. The van der Waals surface area contributed by atoms with Gasteiger partial charge in [0, 0.05) is 12.0 Å².